The van der Waals surface area contributed by atoms with Crippen molar-refractivity contribution in [3.63, 3.8) is 0 Å². The fourth-order valence-electron chi connectivity index (χ4n) is 2.51. The molecule has 0 spiro atoms. The van der Waals surface area contributed by atoms with E-state index < -0.39 is 0 Å². The Morgan fingerprint density at radius 1 is 0.615 bits per heavy atom. The van der Waals surface area contributed by atoms with Crippen LogP contribution in [-0.2, 0) is 31.3 Å². The smallest absolute Gasteiger partial charge is 0.855 e. The van der Waals surface area contributed by atoms with Gasteiger partial charge in [-0.15, -0.1) is 49.3 Å². The molecule has 2 aromatic carbocycles. The number of rotatable bonds is 10. The predicted molar refractivity (Wildman–Crippen MR) is 139 cm³/mol. The molecule has 2 aromatic rings. The molecule has 0 amide bonds. The van der Waals surface area contributed by atoms with Gasteiger partial charge in [0, 0.05) is 11.6 Å². The topological polar surface area (TPSA) is 151 Å². The second kappa shape index (κ2) is 23.8. The van der Waals surface area contributed by atoms with Crippen molar-refractivity contribution in [3.8, 4) is 23.0 Å². The second-order valence-corrected chi connectivity index (χ2v) is 6.96. The van der Waals surface area contributed by atoms with Crippen molar-refractivity contribution in [1.29, 1.82) is 0 Å². The summed E-state index contributed by atoms with van der Waals surface area (Å²) in [5.74, 6) is 0.779. The summed E-state index contributed by atoms with van der Waals surface area (Å²) in [6.07, 6.45) is 2.09. The number of hydrogen-bond donors (Lipinski definition) is 0. The van der Waals surface area contributed by atoms with Crippen LogP contribution in [0.3, 0.4) is 0 Å². The molecule has 0 heterocycles. The van der Waals surface area contributed by atoms with E-state index in [0.717, 1.165) is 12.8 Å². The Bertz CT molecular complexity index is 940. The van der Waals surface area contributed by atoms with E-state index >= 15 is 0 Å². The van der Waals surface area contributed by atoms with Gasteiger partial charge in [0.05, 0.1) is 40.0 Å². The van der Waals surface area contributed by atoms with Crippen LogP contribution in [0.15, 0.2) is 36.4 Å². The maximum atomic E-state index is 11.6. The Hall–Kier alpha value is -3.31. The van der Waals surface area contributed by atoms with E-state index in [-0.39, 0.29) is 58.1 Å². The number of ether oxygens (including phenoxy) is 4. The van der Waals surface area contributed by atoms with E-state index in [1.165, 1.54) is 42.3 Å². The monoisotopic (exact) mass is 580 g/mol. The van der Waals surface area contributed by atoms with Gasteiger partial charge in [-0.1, -0.05) is 26.0 Å². The molecular weight excluding hydrogens is 544 g/mol. The molecule has 0 aliphatic carbocycles. The minimum absolute atomic E-state index is 0. The number of Topliss-reactive ketones (excluding diaryl/α,β-unsaturated/α-hetero) is 4. The van der Waals surface area contributed by atoms with Crippen molar-refractivity contribution in [2.24, 2.45) is 0 Å². The standard InChI is InChI=1S/2C12H13O4.2C2H5O.Ti/c2*1-8(13)6-10(14)9-4-5-11(15-2)12(7-9)16-3;2*1-2-3;/h2*4-7H,1-3H3;2*2H2,1H3;/q4*-1;+4. The van der Waals surface area contributed by atoms with Crippen LogP contribution < -0.4 is 29.2 Å². The van der Waals surface area contributed by atoms with Crippen molar-refractivity contribution in [2.45, 2.75) is 27.7 Å². The zero-order valence-corrected chi connectivity index (χ0v) is 25.2. The third kappa shape index (κ3) is 17.0. The van der Waals surface area contributed by atoms with Crippen molar-refractivity contribution in [1.82, 2.24) is 0 Å². The first-order chi connectivity index (χ1) is 18.0. The van der Waals surface area contributed by atoms with Gasteiger partial charge in [-0.2, -0.15) is 0 Å². The fraction of sp³-hybridized carbons (Fsp3) is 0.357. The summed E-state index contributed by atoms with van der Waals surface area (Å²) in [6.45, 7) is 5.80. The summed E-state index contributed by atoms with van der Waals surface area (Å²) in [4.78, 5) is 44.6. The third-order valence-corrected chi connectivity index (χ3v) is 4.00. The molecule has 0 unspecified atom stereocenters. The number of carbonyl (C=O) groups excluding carboxylic acids is 4. The van der Waals surface area contributed by atoms with Crippen molar-refractivity contribution in [2.75, 3.05) is 41.7 Å². The van der Waals surface area contributed by atoms with Crippen LogP contribution in [0.1, 0.15) is 48.4 Å². The average Bonchev–Trinajstić information content (AvgIpc) is 2.88. The quantitative estimate of drug-likeness (QED) is 0.177. The Morgan fingerprint density at radius 2 is 0.872 bits per heavy atom. The number of ketones is 4. The van der Waals surface area contributed by atoms with Crippen LogP contribution in [0.2, 0.25) is 0 Å². The summed E-state index contributed by atoms with van der Waals surface area (Å²) < 4.78 is 20.2. The van der Waals surface area contributed by atoms with E-state index in [2.05, 4.69) is 0 Å². The first-order valence-electron chi connectivity index (χ1n) is 11.4. The Kier molecular flexibility index (Phi) is 24.5. The van der Waals surface area contributed by atoms with Gasteiger partial charge in [0.2, 0.25) is 0 Å². The summed E-state index contributed by atoms with van der Waals surface area (Å²) >= 11 is 0. The van der Waals surface area contributed by atoms with Crippen LogP contribution >= 0.6 is 0 Å². The van der Waals surface area contributed by atoms with Gasteiger partial charge < -0.3 is 48.3 Å². The van der Waals surface area contributed by atoms with Crippen LogP contribution in [0.4, 0.5) is 0 Å². The maximum Gasteiger partial charge on any atom is 4.00 e. The van der Waals surface area contributed by atoms with Gasteiger partial charge in [-0.25, -0.2) is 0 Å². The van der Waals surface area contributed by atoms with E-state index in [4.69, 9.17) is 29.2 Å². The summed E-state index contributed by atoms with van der Waals surface area (Å²) in [5, 5.41) is 17.9. The molecule has 0 fully saturated rings. The van der Waals surface area contributed by atoms with E-state index in [9.17, 15) is 19.2 Å². The molecule has 0 saturated heterocycles. The van der Waals surface area contributed by atoms with Gasteiger partial charge in [0.15, 0.2) is 11.5 Å². The van der Waals surface area contributed by atoms with Crippen molar-refractivity contribution in [3.05, 3.63) is 60.4 Å². The second-order valence-electron chi connectivity index (χ2n) is 6.96. The number of carbonyl (C=O) groups is 4. The van der Waals surface area contributed by atoms with Crippen LogP contribution in [0.5, 0.6) is 23.0 Å². The molecule has 11 heteroatoms. The molecule has 39 heavy (non-hydrogen) atoms. The normalized spacial score (nSPS) is 8.67. The molecule has 212 valence electrons. The average molecular weight is 580 g/mol. The van der Waals surface area contributed by atoms with Gasteiger partial charge in [-0.05, 0) is 26.0 Å². The van der Waals surface area contributed by atoms with Gasteiger partial charge >= 0.3 is 21.7 Å². The summed E-state index contributed by atoms with van der Waals surface area (Å²) in [7, 11) is 6.00. The van der Waals surface area contributed by atoms with Gasteiger partial charge in [0.25, 0.3) is 0 Å². The van der Waals surface area contributed by atoms with E-state index in [1.54, 1.807) is 50.2 Å². The Labute approximate surface area is 245 Å². The van der Waals surface area contributed by atoms with E-state index in [0.29, 0.717) is 34.1 Å². The van der Waals surface area contributed by atoms with Crippen molar-refractivity contribution < 1.29 is 70.1 Å². The first-order valence-corrected chi connectivity index (χ1v) is 11.4. The minimum Gasteiger partial charge on any atom is -0.855 e. The molecule has 0 N–H and O–H groups in total. The molecule has 0 aliphatic heterocycles. The van der Waals surface area contributed by atoms with Crippen LogP contribution in [0, 0.1) is 12.8 Å². The summed E-state index contributed by atoms with van der Waals surface area (Å²) in [6, 6.07) is 9.51. The maximum absolute atomic E-state index is 11.6. The van der Waals surface area contributed by atoms with Gasteiger partial charge in [0.1, 0.15) is 11.5 Å². The van der Waals surface area contributed by atoms with Crippen LogP contribution in [0.25, 0.3) is 0 Å². The molecule has 0 aromatic heterocycles. The molecule has 0 aliphatic rings. The zero-order chi connectivity index (χ0) is 29.7. The zero-order valence-electron chi connectivity index (χ0n) is 23.6. The van der Waals surface area contributed by atoms with Gasteiger partial charge in [-0.3, -0.25) is 0 Å². The molecule has 0 bridgehead atoms. The fourth-order valence-corrected chi connectivity index (χ4v) is 2.51. The number of benzene rings is 2. The van der Waals surface area contributed by atoms with Crippen LogP contribution in [-0.4, -0.2) is 64.8 Å². The molecular formula is C28H36O10Ti. The molecule has 0 atom stereocenters. The molecule has 2 rings (SSSR count). The SMILES string of the molecule is CC[O-].CC[O-].COc1ccc(C(=O)[CH-]C(C)=O)cc1OC.COc1ccc(C(=O)[CH-]C(C)=O)cc1OC.[Ti+4]. The first kappa shape index (κ1) is 40.2. The van der Waals surface area contributed by atoms with E-state index in [1.807, 2.05) is 0 Å². The molecule has 0 radical (unpaired) electrons. The molecule has 0 saturated carbocycles. The Morgan fingerprint density at radius 3 is 1.08 bits per heavy atom. The number of methoxy groups -OCH3 is 4. The van der Waals surface area contributed by atoms with Crippen molar-refractivity contribution >= 4 is 23.1 Å². The molecule has 10 nitrogen and oxygen atoms in total. The predicted octanol–water partition coefficient (Wildman–Crippen LogP) is 2.09. The largest absolute Gasteiger partial charge is 4.00 e. The minimum atomic E-state index is -0.339. The number of hydrogen-bond acceptors (Lipinski definition) is 10. The Balaban J connectivity index is -0.000000541. The summed E-state index contributed by atoms with van der Waals surface area (Å²) in [5.41, 5.74) is 0.792. The third-order valence-electron chi connectivity index (χ3n) is 4.00.